The number of aliphatic hydroxyl groups excluding tert-OH is 1. The van der Waals surface area contributed by atoms with E-state index in [0.717, 1.165) is 5.39 Å². The van der Waals surface area contributed by atoms with Crippen LogP contribution in [0, 0.1) is 5.41 Å². The molecule has 0 radical (unpaired) electrons. The number of hydrogen-bond donors (Lipinski definition) is 2. The number of nitrogens with zero attached hydrogens (tertiary/aromatic N) is 2. The van der Waals surface area contributed by atoms with Gasteiger partial charge < -0.3 is 15.2 Å². The van der Waals surface area contributed by atoms with Gasteiger partial charge >= 0.3 is 0 Å². The lowest BCUT2D eigenvalue weighted by molar-refractivity contribution is -0.117. The Labute approximate surface area is 135 Å². The SMILES string of the molecule is CC(C)(C)CC(=O)Nc1nccc2cc(OCCCO)cnc12. The van der Waals surface area contributed by atoms with Crippen molar-refractivity contribution in [2.45, 2.75) is 33.6 Å². The molecule has 0 saturated heterocycles. The van der Waals surface area contributed by atoms with Gasteiger partial charge in [0, 0.05) is 31.0 Å². The molecule has 124 valence electrons. The van der Waals surface area contributed by atoms with Crippen molar-refractivity contribution in [2.75, 3.05) is 18.5 Å². The average Bonchev–Trinajstić information content (AvgIpc) is 2.45. The maximum Gasteiger partial charge on any atom is 0.226 e. The molecule has 23 heavy (non-hydrogen) atoms. The molecule has 1 amide bonds. The molecule has 2 N–H and O–H groups in total. The summed E-state index contributed by atoms with van der Waals surface area (Å²) >= 11 is 0. The maximum atomic E-state index is 12.1. The zero-order valence-electron chi connectivity index (χ0n) is 13.8. The van der Waals surface area contributed by atoms with Gasteiger partial charge in [-0.1, -0.05) is 20.8 Å². The third-order valence-corrected chi connectivity index (χ3v) is 3.09. The molecule has 2 aromatic heterocycles. The minimum atomic E-state index is -0.0875. The van der Waals surface area contributed by atoms with Crippen LogP contribution >= 0.6 is 0 Å². The van der Waals surface area contributed by atoms with Crippen LogP contribution in [0.5, 0.6) is 5.75 Å². The van der Waals surface area contributed by atoms with Gasteiger partial charge in [0.05, 0.1) is 12.8 Å². The Morgan fingerprint density at radius 2 is 2.13 bits per heavy atom. The Morgan fingerprint density at radius 1 is 1.35 bits per heavy atom. The van der Waals surface area contributed by atoms with Gasteiger partial charge in [-0.3, -0.25) is 4.79 Å². The first-order valence-electron chi connectivity index (χ1n) is 7.67. The molecule has 6 heteroatoms. The smallest absolute Gasteiger partial charge is 0.226 e. The summed E-state index contributed by atoms with van der Waals surface area (Å²) in [6.07, 6.45) is 4.21. The summed E-state index contributed by atoms with van der Waals surface area (Å²) < 4.78 is 5.51. The molecule has 0 bridgehead atoms. The number of fused-ring (bicyclic) bond motifs is 1. The third-order valence-electron chi connectivity index (χ3n) is 3.09. The van der Waals surface area contributed by atoms with Crippen molar-refractivity contribution in [2.24, 2.45) is 5.41 Å². The highest BCUT2D eigenvalue weighted by Gasteiger charge is 2.17. The highest BCUT2D eigenvalue weighted by atomic mass is 16.5. The lowest BCUT2D eigenvalue weighted by Gasteiger charge is -2.17. The van der Waals surface area contributed by atoms with Gasteiger partial charge in [0.2, 0.25) is 5.91 Å². The fourth-order valence-corrected chi connectivity index (χ4v) is 2.12. The van der Waals surface area contributed by atoms with E-state index in [1.54, 1.807) is 12.4 Å². The first-order chi connectivity index (χ1) is 10.9. The molecule has 0 unspecified atom stereocenters. The van der Waals surface area contributed by atoms with E-state index in [9.17, 15) is 4.79 Å². The van der Waals surface area contributed by atoms with Gasteiger partial charge in [-0.25, -0.2) is 9.97 Å². The number of rotatable bonds is 6. The number of anilines is 1. The number of amides is 1. The van der Waals surface area contributed by atoms with E-state index in [2.05, 4.69) is 15.3 Å². The number of aromatic nitrogens is 2. The van der Waals surface area contributed by atoms with Crippen LogP contribution in [0.2, 0.25) is 0 Å². The monoisotopic (exact) mass is 317 g/mol. The minimum absolute atomic E-state index is 0.0810. The fraction of sp³-hybridized carbons (Fsp3) is 0.471. The van der Waals surface area contributed by atoms with Gasteiger partial charge in [-0.15, -0.1) is 0 Å². The van der Waals surface area contributed by atoms with Crippen LogP contribution < -0.4 is 10.1 Å². The zero-order valence-corrected chi connectivity index (χ0v) is 13.8. The molecule has 0 aromatic carbocycles. The van der Waals surface area contributed by atoms with Gasteiger partial charge in [-0.2, -0.15) is 0 Å². The van der Waals surface area contributed by atoms with Crippen LogP contribution in [-0.4, -0.2) is 34.2 Å². The summed E-state index contributed by atoms with van der Waals surface area (Å²) in [6, 6.07) is 3.67. The summed E-state index contributed by atoms with van der Waals surface area (Å²) in [7, 11) is 0. The molecule has 0 aliphatic heterocycles. The lowest BCUT2D eigenvalue weighted by Crippen LogP contribution is -2.20. The van der Waals surface area contributed by atoms with E-state index in [1.165, 1.54) is 0 Å². The van der Waals surface area contributed by atoms with E-state index in [-0.39, 0.29) is 17.9 Å². The van der Waals surface area contributed by atoms with Gasteiger partial charge in [-0.05, 0) is 17.5 Å². The Hall–Kier alpha value is -2.21. The summed E-state index contributed by atoms with van der Waals surface area (Å²) in [6.45, 7) is 6.56. The zero-order chi connectivity index (χ0) is 16.9. The number of ether oxygens (including phenoxy) is 1. The van der Waals surface area contributed by atoms with Gasteiger partial charge in [0.25, 0.3) is 0 Å². The summed E-state index contributed by atoms with van der Waals surface area (Å²) in [5.41, 5.74) is 0.541. The number of nitrogens with one attached hydrogen (secondary N) is 1. The Morgan fingerprint density at radius 3 is 2.83 bits per heavy atom. The van der Waals surface area contributed by atoms with Crippen LogP contribution in [0.4, 0.5) is 5.82 Å². The van der Waals surface area contributed by atoms with Crippen molar-refractivity contribution in [3.05, 3.63) is 24.5 Å². The standard InChI is InChI=1S/C17H23N3O3/c1-17(2,3)10-14(22)20-16-15-12(5-6-18-16)9-13(11-19-15)23-8-4-7-21/h5-6,9,11,21H,4,7-8,10H2,1-3H3,(H,18,20,22). The van der Waals surface area contributed by atoms with Crippen LogP contribution in [0.25, 0.3) is 10.9 Å². The molecular weight excluding hydrogens is 294 g/mol. The minimum Gasteiger partial charge on any atom is -0.492 e. The maximum absolute atomic E-state index is 12.1. The number of carbonyl (C=O) groups is 1. The molecule has 0 fully saturated rings. The first kappa shape index (κ1) is 17.1. The Kier molecular flexibility index (Phi) is 5.50. The van der Waals surface area contributed by atoms with Gasteiger partial charge in [0.1, 0.15) is 11.3 Å². The number of aliphatic hydroxyl groups is 1. The third kappa shape index (κ3) is 5.17. The summed E-state index contributed by atoms with van der Waals surface area (Å²) in [5, 5.41) is 12.4. The van der Waals surface area contributed by atoms with Gasteiger partial charge in [0.15, 0.2) is 5.82 Å². The first-order valence-corrected chi connectivity index (χ1v) is 7.67. The Bertz CT molecular complexity index is 680. The largest absolute Gasteiger partial charge is 0.492 e. The molecule has 0 spiro atoms. The van der Waals surface area contributed by atoms with E-state index >= 15 is 0 Å². The summed E-state index contributed by atoms with van der Waals surface area (Å²) in [4.78, 5) is 20.6. The van der Waals surface area contributed by atoms with Crippen LogP contribution in [0.3, 0.4) is 0 Å². The normalized spacial score (nSPS) is 11.5. The van der Waals surface area contributed by atoms with Crippen molar-refractivity contribution in [1.29, 1.82) is 0 Å². The van der Waals surface area contributed by atoms with Crippen LogP contribution in [-0.2, 0) is 4.79 Å². The van der Waals surface area contributed by atoms with Crippen molar-refractivity contribution in [3.63, 3.8) is 0 Å². The van der Waals surface area contributed by atoms with Crippen molar-refractivity contribution in [1.82, 2.24) is 9.97 Å². The van der Waals surface area contributed by atoms with Crippen LogP contribution in [0.1, 0.15) is 33.6 Å². The molecule has 2 heterocycles. The molecule has 0 aliphatic rings. The lowest BCUT2D eigenvalue weighted by atomic mass is 9.92. The quantitative estimate of drug-likeness (QED) is 0.800. The predicted molar refractivity (Wildman–Crippen MR) is 89.4 cm³/mol. The number of hydrogen-bond acceptors (Lipinski definition) is 5. The van der Waals surface area contributed by atoms with E-state index in [4.69, 9.17) is 9.84 Å². The van der Waals surface area contributed by atoms with E-state index in [0.29, 0.717) is 36.5 Å². The fourth-order valence-electron chi connectivity index (χ4n) is 2.12. The number of carbonyl (C=O) groups excluding carboxylic acids is 1. The second-order valence-corrected chi connectivity index (χ2v) is 6.61. The molecular formula is C17H23N3O3. The van der Waals surface area contributed by atoms with Crippen molar-refractivity contribution >= 4 is 22.6 Å². The molecule has 0 aliphatic carbocycles. The molecule has 2 aromatic rings. The molecule has 6 nitrogen and oxygen atoms in total. The van der Waals surface area contributed by atoms with E-state index in [1.807, 2.05) is 32.9 Å². The molecule has 2 rings (SSSR count). The molecule has 0 atom stereocenters. The molecule has 0 saturated carbocycles. The van der Waals surface area contributed by atoms with Crippen molar-refractivity contribution < 1.29 is 14.6 Å². The highest BCUT2D eigenvalue weighted by Crippen LogP contribution is 2.24. The average molecular weight is 317 g/mol. The Balaban J connectivity index is 2.17. The second-order valence-electron chi connectivity index (χ2n) is 6.61. The van der Waals surface area contributed by atoms with Crippen molar-refractivity contribution in [3.8, 4) is 5.75 Å². The van der Waals surface area contributed by atoms with Crippen LogP contribution in [0.15, 0.2) is 24.5 Å². The second kappa shape index (κ2) is 7.37. The topological polar surface area (TPSA) is 84.3 Å². The predicted octanol–water partition coefficient (Wildman–Crippen LogP) is 2.77. The van der Waals surface area contributed by atoms with E-state index < -0.39 is 0 Å². The highest BCUT2D eigenvalue weighted by molar-refractivity contribution is 5.98. The number of pyridine rings is 2. The summed E-state index contributed by atoms with van der Waals surface area (Å²) in [5.74, 6) is 1.00.